The minimum absolute atomic E-state index is 0.0629. The van der Waals surface area contributed by atoms with E-state index in [9.17, 15) is 13.2 Å². The van der Waals surface area contributed by atoms with Gasteiger partial charge in [-0.2, -0.15) is 0 Å². The second kappa shape index (κ2) is 7.65. The van der Waals surface area contributed by atoms with E-state index >= 15 is 0 Å². The lowest BCUT2D eigenvalue weighted by atomic mass is 10.2. The molecule has 8 heteroatoms. The summed E-state index contributed by atoms with van der Waals surface area (Å²) in [6, 6.07) is 12.4. The highest BCUT2D eigenvalue weighted by Crippen LogP contribution is 2.19. The molecule has 1 aliphatic rings. The number of quaternary nitrogens is 1. The maximum atomic E-state index is 12.5. The molecular weight excluding hydrogens is 374 g/mol. The van der Waals surface area contributed by atoms with Gasteiger partial charge in [-0.05, 0) is 48.5 Å². The van der Waals surface area contributed by atoms with Crippen LogP contribution in [-0.4, -0.2) is 52.5 Å². The first-order valence-corrected chi connectivity index (χ1v) is 10.2. The Morgan fingerprint density at radius 2 is 1.62 bits per heavy atom. The number of hydrogen-bond acceptors (Lipinski definition) is 3. The molecule has 26 heavy (non-hydrogen) atoms. The number of carbonyl (C=O) groups is 1. The van der Waals surface area contributed by atoms with E-state index in [-0.39, 0.29) is 10.8 Å². The summed E-state index contributed by atoms with van der Waals surface area (Å²) >= 11 is 5.80. The zero-order valence-electron chi connectivity index (χ0n) is 14.4. The molecule has 1 aliphatic heterocycles. The molecule has 6 nitrogen and oxygen atoms in total. The van der Waals surface area contributed by atoms with E-state index < -0.39 is 10.0 Å². The molecule has 138 valence electrons. The van der Waals surface area contributed by atoms with Crippen LogP contribution in [0.4, 0.5) is 5.69 Å². The molecule has 3 rings (SSSR count). The van der Waals surface area contributed by atoms with Crippen LogP contribution in [-0.2, 0) is 10.0 Å². The van der Waals surface area contributed by atoms with Crippen LogP contribution in [0.25, 0.3) is 0 Å². The van der Waals surface area contributed by atoms with Gasteiger partial charge < -0.3 is 9.80 Å². The maximum absolute atomic E-state index is 12.5. The van der Waals surface area contributed by atoms with Gasteiger partial charge >= 0.3 is 0 Å². The van der Waals surface area contributed by atoms with Crippen molar-refractivity contribution in [1.29, 1.82) is 0 Å². The highest BCUT2D eigenvalue weighted by atomic mass is 35.5. The average Bonchev–Trinajstić information content (AvgIpc) is 2.64. The van der Waals surface area contributed by atoms with Crippen molar-refractivity contribution >= 4 is 33.2 Å². The summed E-state index contributed by atoms with van der Waals surface area (Å²) in [6.07, 6.45) is 0. The number of halogens is 1. The number of rotatable bonds is 4. The Labute approximate surface area is 158 Å². The first-order chi connectivity index (χ1) is 12.3. The SMILES string of the molecule is C[NH+]1CCN(C(=O)c2ccc(S(=O)(=O)Nc3ccc(Cl)cc3)cc2)CC1. The number of piperazine rings is 1. The van der Waals surface area contributed by atoms with Crippen LogP contribution < -0.4 is 9.62 Å². The molecule has 0 aliphatic carbocycles. The molecule has 2 aromatic rings. The van der Waals surface area contributed by atoms with Crippen LogP contribution in [0.3, 0.4) is 0 Å². The summed E-state index contributed by atoms with van der Waals surface area (Å²) in [4.78, 5) is 15.8. The van der Waals surface area contributed by atoms with Crippen LogP contribution >= 0.6 is 11.6 Å². The Kier molecular flexibility index (Phi) is 5.50. The highest BCUT2D eigenvalue weighted by molar-refractivity contribution is 7.92. The van der Waals surface area contributed by atoms with Crippen molar-refractivity contribution in [2.24, 2.45) is 0 Å². The van der Waals surface area contributed by atoms with Gasteiger partial charge in [-0.3, -0.25) is 9.52 Å². The van der Waals surface area contributed by atoms with E-state index in [1.165, 1.54) is 17.0 Å². The normalized spacial score (nSPS) is 15.7. The van der Waals surface area contributed by atoms with Crippen molar-refractivity contribution in [2.75, 3.05) is 37.9 Å². The number of amides is 1. The monoisotopic (exact) mass is 394 g/mol. The van der Waals surface area contributed by atoms with E-state index in [1.807, 2.05) is 4.90 Å². The summed E-state index contributed by atoms with van der Waals surface area (Å²) in [5.41, 5.74) is 0.921. The minimum atomic E-state index is -3.72. The van der Waals surface area contributed by atoms with Crippen LogP contribution in [0, 0.1) is 0 Å². The molecule has 2 N–H and O–H groups in total. The fraction of sp³-hybridized carbons (Fsp3) is 0.278. The first kappa shape index (κ1) is 18.7. The Balaban J connectivity index is 1.72. The number of nitrogens with one attached hydrogen (secondary N) is 2. The number of likely N-dealkylation sites (N-methyl/N-ethyl adjacent to an activating group) is 1. The Morgan fingerprint density at radius 3 is 2.19 bits per heavy atom. The van der Waals surface area contributed by atoms with Crippen molar-refractivity contribution in [3.8, 4) is 0 Å². The third-order valence-electron chi connectivity index (χ3n) is 4.41. The fourth-order valence-corrected chi connectivity index (χ4v) is 3.97. The summed E-state index contributed by atoms with van der Waals surface area (Å²) in [5, 5.41) is 0.529. The largest absolute Gasteiger partial charge is 0.334 e. The first-order valence-electron chi connectivity index (χ1n) is 8.34. The summed E-state index contributed by atoms with van der Waals surface area (Å²) in [5.74, 6) is -0.0629. The number of benzene rings is 2. The second-order valence-corrected chi connectivity index (χ2v) is 8.50. The Morgan fingerprint density at radius 1 is 1.04 bits per heavy atom. The van der Waals surface area contributed by atoms with Crippen molar-refractivity contribution in [3.05, 3.63) is 59.1 Å². The maximum Gasteiger partial charge on any atom is 0.261 e. The van der Waals surface area contributed by atoms with Gasteiger partial charge in [-0.1, -0.05) is 11.6 Å². The van der Waals surface area contributed by atoms with Crippen LogP contribution in [0.5, 0.6) is 0 Å². The predicted molar refractivity (Wildman–Crippen MR) is 101 cm³/mol. The van der Waals surface area contributed by atoms with Gasteiger partial charge in [0.15, 0.2) is 0 Å². The topological polar surface area (TPSA) is 70.9 Å². The van der Waals surface area contributed by atoms with Crippen LogP contribution in [0.2, 0.25) is 5.02 Å². The molecule has 1 heterocycles. The average molecular weight is 395 g/mol. The number of anilines is 1. The molecule has 0 bridgehead atoms. The second-order valence-electron chi connectivity index (χ2n) is 6.39. The fourth-order valence-electron chi connectivity index (χ4n) is 2.78. The Bertz CT molecular complexity index is 875. The van der Waals surface area contributed by atoms with E-state index in [4.69, 9.17) is 11.6 Å². The van der Waals surface area contributed by atoms with Gasteiger partial charge in [-0.25, -0.2) is 8.42 Å². The minimum Gasteiger partial charge on any atom is -0.334 e. The molecule has 1 fully saturated rings. The van der Waals surface area contributed by atoms with Gasteiger partial charge in [0, 0.05) is 16.3 Å². The van der Waals surface area contributed by atoms with Gasteiger partial charge in [-0.15, -0.1) is 0 Å². The van der Waals surface area contributed by atoms with Crippen molar-refractivity contribution in [1.82, 2.24) is 4.90 Å². The van der Waals surface area contributed by atoms with Crippen LogP contribution in [0.15, 0.2) is 53.4 Å². The van der Waals surface area contributed by atoms with E-state index in [2.05, 4.69) is 11.8 Å². The molecule has 1 saturated heterocycles. The third kappa shape index (κ3) is 4.35. The van der Waals surface area contributed by atoms with Gasteiger partial charge in [0.25, 0.3) is 15.9 Å². The lowest BCUT2D eigenvalue weighted by Crippen LogP contribution is -3.12. The number of nitrogens with zero attached hydrogens (tertiary/aromatic N) is 1. The molecule has 0 unspecified atom stereocenters. The molecule has 0 radical (unpaired) electrons. The third-order valence-corrected chi connectivity index (χ3v) is 6.06. The Hall–Kier alpha value is -2.09. The molecule has 0 atom stereocenters. The summed E-state index contributed by atoms with van der Waals surface area (Å²) in [6.45, 7) is 3.26. The number of sulfonamides is 1. The summed E-state index contributed by atoms with van der Waals surface area (Å²) < 4.78 is 27.4. The quantitative estimate of drug-likeness (QED) is 0.816. The standard InChI is InChI=1S/C18H20ClN3O3S/c1-21-10-12-22(13-11-21)18(23)14-2-8-17(9-3-14)26(24,25)20-16-6-4-15(19)5-7-16/h2-9,20H,10-13H2,1H3/p+1. The van der Waals surface area contributed by atoms with Crippen LogP contribution in [0.1, 0.15) is 10.4 Å². The van der Waals surface area contributed by atoms with Crippen molar-refractivity contribution in [3.63, 3.8) is 0 Å². The smallest absolute Gasteiger partial charge is 0.261 e. The van der Waals surface area contributed by atoms with Crippen molar-refractivity contribution in [2.45, 2.75) is 4.90 Å². The zero-order valence-corrected chi connectivity index (χ0v) is 16.0. The van der Waals surface area contributed by atoms with Crippen molar-refractivity contribution < 1.29 is 18.1 Å². The van der Waals surface area contributed by atoms with Gasteiger partial charge in [0.2, 0.25) is 0 Å². The molecular formula is C18H21ClN3O3S+. The summed E-state index contributed by atoms with van der Waals surface area (Å²) in [7, 11) is -1.62. The molecule has 1 amide bonds. The van der Waals surface area contributed by atoms with E-state index in [1.54, 1.807) is 36.4 Å². The molecule has 0 saturated carbocycles. The number of hydrogen-bond donors (Lipinski definition) is 2. The highest BCUT2D eigenvalue weighted by Gasteiger charge is 2.23. The van der Waals surface area contributed by atoms with E-state index in [0.29, 0.717) is 29.4 Å². The molecule has 0 aromatic heterocycles. The van der Waals surface area contributed by atoms with Gasteiger partial charge in [0.05, 0.1) is 38.1 Å². The molecule has 2 aromatic carbocycles. The molecule has 0 spiro atoms. The lowest BCUT2D eigenvalue weighted by Gasteiger charge is -2.30. The van der Waals surface area contributed by atoms with E-state index in [0.717, 1.165) is 13.1 Å². The lowest BCUT2D eigenvalue weighted by molar-refractivity contribution is -0.883. The van der Waals surface area contributed by atoms with Gasteiger partial charge in [0.1, 0.15) is 0 Å². The predicted octanol–water partition coefficient (Wildman–Crippen LogP) is 1.11. The number of carbonyl (C=O) groups excluding carboxylic acids is 1. The zero-order chi connectivity index (χ0) is 18.7.